The van der Waals surface area contributed by atoms with Gasteiger partial charge in [-0.05, 0) is 60.5 Å². The highest BCUT2D eigenvalue weighted by Crippen LogP contribution is 2.34. The van der Waals surface area contributed by atoms with E-state index in [1.165, 1.54) is 23.3 Å². The van der Waals surface area contributed by atoms with Crippen molar-refractivity contribution in [1.82, 2.24) is 20.0 Å². The van der Waals surface area contributed by atoms with E-state index >= 15 is 0 Å². The molecule has 2 fully saturated rings. The van der Waals surface area contributed by atoms with Crippen molar-refractivity contribution in [2.75, 3.05) is 39.5 Å². The minimum atomic E-state index is -3.57. The molecule has 3 amide bonds. The van der Waals surface area contributed by atoms with Crippen LogP contribution in [0.25, 0.3) is 0 Å². The molecule has 0 saturated carbocycles. The first-order valence-electron chi connectivity index (χ1n) is 15.0. The van der Waals surface area contributed by atoms with Crippen LogP contribution in [0, 0.1) is 11.8 Å². The number of nitrogens with zero attached hydrogens (tertiary/aromatic N) is 3. The highest BCUT2D eigenvalue weighted by Gasteiger charge is 2.47. The summed E-state index contributed by atoms with van der Waals surface area (Å²) in [6.07, 6.45) is 3.99. The van der Waals surface area contributed by atoms with E-state index < -0.39 is 21.9 Å². The number of carbonyl (C=O) groups excluding carboxylic acids is 3. The van der Waals surface area contributed by atoms with Crippen molar-refractivity contribution in [3.63, 3.8) is 0 Å². The molecule has 2 aromatic carbocycles. The van der Waals surface area contributed by atoms with E-state index in [2.05, 4.69) is 22.3 Å². The van der Waals surface area contributed by atoms with Crippen molar-refractivity contribution in [3.05, 3.63) is 64.7 Å². The molecule has 0 radical (unpaired) electrons. The number of carbonyl (C=O) groups is 3. The molecule has 1 N–H and O–H groups in total. The number of rotatable bonds is 8. The van der Waals surface area contributed by atoms with Crippen molar-refractivity contribution in [3.8, 4) is 0 Å². The van der Waals surface area contributed by atoms with Crippen LogP contribution in [0.1, 0.15) is 53.7 Å². The Morgan fingerprint density at radius 1 is 0.976 bits per heavy atom. The van der Waals surface area contributed by atoms with Crippen LogP contribution < -0.4 is 5.32 Å². The monoisotopic (exact) mass is 594 g/mol. The molecule has 2 atom stereocenters. The lowest BCUT2D eigenvalue weighted by molar-refractivity contribution is -0.154. The Kier molecular flexibility index (Phi) is 8.76. The molecule has 0 aromatic heterocycles. The lowest BCUT2D eigenvalue weighted by Gasteiger charge is -2.44. The van der Waals surface area contributed by atoms with E-state index in [0.29, 0.717) is 31.5 Å². The first kappa shape index (κ1) is 30.2. The van der Waals surface area contributed by atoms with Crippen LogP contribution in [-0.2, 0) is 38.8 Å². The molecular weight excluding hydrogens is 552 g/mol. The van der Waals surface area contributed by atoms with Gasteiger partial charge in [-0.3, -0.25) is 14.4 Å². The summed E-state index contributed by atoms with van der Waals surface area (Å²) in [5.41, 5.74) is 3.23. The smallest absolute Gasteiger partial charge is 0.254 e. The first-order valence-corrected chi connectivity index (χ1v) is 16.9. The number of likely N-dealkylation sites (N-methyl/N-ethyl adjacent to an activating group) is 1. The van der Waals surface area contributed by atoms with Crippen LogP contribution in [0.4, 0.5) is 0 Å². The van der Waals surface area contributed by atoms with Gasteiger partial charge in [-0.2, -0.15) is 0 Å². The van der Waals surface area contributed by atoms with Gasteiger partial charge in [0.15, 0.2) is 9.84 Å². The van der Waals surface area contributed by atoms with E-state index in [1.807, 2.05) is 33.0 Å². The SMILES string of the molecule is CCC(CC)[C@@H]1C(=O)N[C@H](C2Cc3ccccc3C2)C(=O)N1Cc1ccc(S(C)(=O)=O)cc1C(=O)N1CCN(C)CC1. The maximum Gasteiger partial charge on any atom is 0.254 e. The van der Waals surface area contributed by atoms with Gasteiger partial charge in [-0.25, -0.2) is 8.42 Å². The third-order valence-corrected chi connectivity index (χ3v) is 10.5. The Bertz CT molecular complexity index is 1440. The maximum atomic E-state index is 14.3. The third kappa shape index (κ3) is 5.97. The van der Waals surface area contributed by atoms with Crippen molar-refractivity contribution in [2.45, 2.75) is 63.1 Å². The van der Waals surface area contributed by atoms with Crippen LogP contribution in [0.3, 0.4) is 0 Å². The fraction of sp³-hybridized carbons (Fsp3) is 0.531. The molecule has 2 aliphatic heterocycles. The van der Waals surface area contributed by atoms with Crippen molar-refractivity contribution in [2.24, 2.45) is 11.8 Å². The van der Waals surface area contributed by atoms with Crippen LogP contribution in [-0.4, -0.2) is 92.4 Å². The number of fused-ring (bicyclic) bond motifs is 1. The van der Waals surface area contributed by atoms with Crippen LogP contribution in [0.15, 0.2) is 47.4 Å². The zero-order valence-corrected chi connectivity index (χ0v) is 25.8. The van der Waals surface area contributed by atoms with E-state index in [-0.39, 0.29) is 46.6 Å². The molecule has 2 heterocycles. The van der Waals surface area contributed by atoms with E-state index in [0.717, 1.165) is 32.2 Å². The number of hydrogen-bond donors (Lipinski definition) is 1. The number of piperazine rings is 2. The highest BCUT2D eigenvalue weighted by atomic mass is 32.2. The lowest BCUT2D eigenvalue weighted by atomic mass is 9.85. The van der Waals surface area contributed by atoms with Gasteiger partial charge in [-0.15, -0.1) is 0 Å². The number of sulfone groups is 1. The Hall–Kier alpha value is -3.24. The van der Waals surface area contributed by atoms with E-state index in [4.69, 9.17) is 0 Å². The summed E-state index contributed by atoms with van der Waals surface area (Å²) in [4.78, 5) is 47.5. The van der Waals surface area contributed by atoms with Crippen LogP contribution in [0.5, 0.6) is 0 Å². The van der Waals surface area contributed by atoms with Crippen molar-refractivity contribution < 1.29 is 22.8 Å². The normalized spacial score (nSPS) is 22.0. The summed E-state index contributed by atoms with van der Waals surface area (Å²) in [5.74, 6) is -0.663. The zero-order chi connectivity index (χ0) is 30.2. The fourth-order valence-electron chi connectivity index (χ4n) is 6.77. The summed E-state index contributed by atoms with van der Waals surface area (Å²) >= 11 is 0. The molecule has 0 bridgehead atoms. The Morgan fingerprint density at radius 3 is 2.17 bits per heavy atom. The van der Waals surface area contributed by atoms with Gasteiger partial charge in [0.1, 0.15) is 12.1 Å². The largest absolute Gasteiger partial charge is 0.342 e. The summed E-state index contributed by atoms with van der Waals surface area (Å²) in [6, 6.07) is 11.4. The van der Waals surface area contributed by atoms with Crippen molar-refractivity contribution in [1.29, 1.82) is 0 Å². The number of amides is 3. The van der Waals surface area contributed by atoms with Gasteiger partial charge in [0.05, 0.1) is 4.90 Å². The minimum absolute atomic E-state index is 0.0527. The fourth-order valence-corrected chi connectivity index (χ4v) is 7.42. The Balaban J connectivity index is 1.51. The predicted molar refractivity (Wildman–Crippen MR) is 161 cm³/mol. The van der Waals surface area contributed by atoms with Gasteiger partial charge in [0, 0.05) is 44.5 Å². The first-order chi connectivity index (χ1) is 20.0. The molecule has 3 aliphatic rings. The van der Waals surface area contributed by atoms with Crippen LogP contribution in [0.2, 0.25) is 0 Å². The average molecular weight is 595 g/mol. The third-order valence-electron chi connectivity index (χ3n) is 9.37. The summed E-state index contributed by atoms with van der Waals surface area (Å²) in [5, 5.41) is 3.09. The minimum Gasteiger partial charge on any atom is -0.342 e. The van der Waals surface area contributed by atoms with Gasteiger partial charge >= 0.3 is 0 Å². The van der Waals surface area contributed by atoms with E-state index in [9.17, 15) is 22.8 Å². The van der Waals surface area contributed by atoms with Gasteiger partial charge in [0.25, 0.3) is 5.91 Å². The van der Waals surface area contributed by atoms with Crippen molar-refractivity contribution >= 4 is 27.6 Å². The highest BCUT2D eigenvalue weighted by molar-refractivity contribution is 7.90. The zero-order valence-electron chi connectivity index (χ0n) is 25.0. The van der Waals surface area contributed by atoms with Crippen LogP contribution >= 0.6 is 0 Å². The Labute approximate surface area is 249 Å². The summed E-state index contributed by atoms with van der Waals surface area (Å²) < 4.78 is 25.0. The topological polar surface area (TPSA) is 107 Å². The number of nitrogens with one attached hydrogen (secondary N) is 1. The lowest BCUT2D eigenvalue weighted by Crippen LogP contribution is -2.66. The number of benzene rings is 2. The molecule has 2 aromatic rings. The molecule has 5 rings (SSSR count). The molecule has 1 aliphatic carbocycles. The Morgan fingerprint density at radius 2 is 1.60 bits per heavy atom. The molecular formula is C32H42N4O5S. The second-order valence-electron chi connectivity index (χ2n) is 12.1. The summed E-state index contributed by atoms with van der Waals surface area (Å²) in [6.45, 7) is 6.61. The molecule has 10 heteroatoms. The van der Waals surface area contributed by atoms with Gasteiger partial charge < -0.3 is 20.0 Å². The standard InChI is InChI=1S/C32H42N4O5S/c1-5-21(6-2)29-30(37)33-28(25-17-22-9-7-8-10-23(22)18-25)32(39)36(29)20-24-11-12-26(42(4,40)41)19-27(24)31(38)35-15-13-34(3)14-16-35/h7-12,19,21,25,28-29H,5-6,13-18,20H2,1-4H3,(H,33,37)/t28-,29-/m1/s1. The predicted octanol–water partition coefficient (Wildman–Crippen LogP) is 2.52. The molecule has 226 valence electrons. The molecule has 0 spiro atoms. The number of hydrogen-bond acceptors (Lipinski definition) is 6. The second kappa shape index (κ2) is 12.2. The average Bonchev–Trinajstić information content (AvgIpc) is 3.40. The molecule has 2 saturated heterocycles. The maximum absolute atomic E-state index is 14.3. The quantitative estimate of drug-likeness (QED) is 0.504. The second-order valence-corrected chi connectivity index (χ2v) is 14.1. The van der Waals surface area contributed by atoms with Gasteiger partial charge in [0.2, 0.25) is 11.8 Å². The summed E-state index contributed by atoms with van der Waals surface area (Å²) in [7, 11) is -1.57. The molecule has 42 heavy (non-hydrogen) atoms. The van der Waals surface area contributed by atoms with Gasteiger partial charge in [-0.1, -0.05) is 57.0 Å². The molecule has 0 unspecified atom stereocenters. The molecule has 9 nitrogen and oxygen atoms in total. The van der Waals surface area contributed by atoms with E-state index in [1.54, 1.807) is 15.9 Å².